The lowest BCUT2D eigenvalue weighted by Gasteiger charge is -2.15. The summed E-state index contributed by atoms with van der Waals surface area (Å²) in [6, 6.07) is 28.7. The van der Waals surface area contributed by atoms with Crippen LogP contribution in [0.1, 0.15) is 0 Å². The number of hydrogen-bond donors (Lipinski definition) is 1. The Labute approximate surface area is 150 Å². The number of para-hydroxylation sites is 1. The molecule has 3 aromatic carbocycles. The van der Waals surface area contributed by atoms with E-state index in [2.05, 4.69) is 9.97 Å². The Morgan fingerprint density at radius 1 is 0.692 bits per heavy atom. The summed E-state index contributed by atoms with van der Waals surface area (Å²) in [6.07, 6.45) is 0. The maximum Gasteiger partial charge on any atom is 0.346 e. The molecule has 0 atom stereocenters. The van der Waals surface area contributed by atoms with Crippen LogP contribution in [0.5, 0.6) is 11.5 Å². The molecule has 0 fully saturated rings. The second-order valence-corrected chi connectivity index (χ2v) is 5.74. The van der Waals surface area contributed by atoms with Gasteiger partial charge in [-0.25, -0.2) is 4.79 Å². The average Bonchev–Trinajstić information content (AvgIpc) is 2.71. The smallest absolute Gasteiger partial charge is 0.346 e. The fourth-order valence-corrected chi connectivity index (χ4v) is 2.77. The number of benzene rings is 3. The van der Waals surface area contributed by atoms with E-state index in [0.717, 1.165) is 11.1 Å². The molecule has 4 rings (SSSR count). The average molecular weight is 340 g/mol. The second kappa shape index (κ2) is 7.07. The molecule has 4 heteroatoms. The standard InChI is InChI=1S/C22H16N2O2/c25-22-23-19(16-10-4-1-5-11-16)21(26-18-14-8-3-9-15-18)20(24-22)17-12-6-2-7-13-17/h1-15H,(H,23,24,25). The number of ether oxygens (including phenoxy) is 1. The van der Waals surface area contributed by atoms with Gasteiger partial charge >= 0.3 is 5.69 Å². The predicted molar refractivity (Wildman–Crippen MR) is 102 cm³/mol. The van der Waals surface area contributed by atoms with Gasteiger partial charge in [0.2, 0.25) is 0 Å². The van der Waals surface area contributed by atoms with Gasteiger partial charge in [-0.15, -0.1) is 0 Å². The molecule has 0 amide bonds. The Hall–Kier alpha value is -3.66. The first-order chi connectivity index (χ1) is 12.8. The third-order valence-electron chi connectivity index (χ3n) is 3.96. The van der Waals surface area contributed by atoms with Crippen molar-refractivity contribution in [2.24, 2.45) is 0 Å². The summed E-state index contributed by atoms with van der Waals surface area (Å²) >= 11 is 0. The maximum absolute atomic E-state index is 12.2. The molecule has 0 aliphatic heterocycles. The number of nitrogens with zero attached hydrogens (tertiary/aromatic N) is 1. The molecule has 4 aromatic rings. The van der Waals surface area contributed by atoms with Crippen LogP contribution in [0.25, 0.3) is 22.5 Å². The van der Waals surface area contributed by atoms with Crippen LogP contribution in [0, 0.1) is 0 Å². The van der Waals surface area contributed by atoms with Gasteiger partial charge in [-0.05, 0) is 12.1 Å². The Bertz CT molecular complexity index is 996. The van der Waals surface area contributed by atoms with Gasteiger partial charge < -0.3 is 9.72 Å². The van der Waals surface area contributed by atoms with Crippen molar-refractivity contribution >= 4 is 0 Å². The molecule has 0 saturated heterocycles. The SMILES string of the molecule is O=c1nc(-c2ccccc2)c(Oc2ccccc2)c(-c2ccccc2)[nH]1. The van der Waals surface area contributed by atoms with E-state index < -0.39 is 5.69 Å². The summed E-state index contributed by atoms with van der Waals surface area (Å²) in [5.74, 6) is 1.20. The summed E-state index contributed by atoms with van der Waals surface area (Å²) in [5, 5.41) is 0. The van der Waals surface area contributed by atoms with Crippen molar-refractivity contribution < 1.29 is 4.74 Å². The van der Waals surface area contributed by atoms with Crippen molar-refractivity contribution in [3.05, 3.63) is 101 Å². The summed E-state index contributed by atoms with van der Waals surface area (Å²) in [6.45, 7) is 0. The quantitative estimate of drug-likeness (QED) is 0.575. The number of hydrogen-bond acceptors (Lipinski definition) is 3. The first kappa shape index (κ1) is 15.8. The van der Waals surface area contributed by atoms with E-state index >= 15 is 0 Å². The molecule has 126 valence electrons. The summed E-state index contributed by atoms with van der Waals surface area (Å²) < 4.78 is 6.17. The molecule has 0 aliphatic rings. The molecule has 0 radical (unpaired) electrons. The van der Waals surface area contributed by atoms with Crippen LogP contribution in [0.4, 0.5) is 0 Å². The molecule has 4 nitrogen and oxygen atoms in total. The lowest BCUT2D eigenvalue weighted by Crippen LogP contribution is -2.14. The molecule has 0 spiro atoms. The molecule has 1 N–H and O–H groups in total. The van der Waals surface area contributed by atoms with Crippen LogP contribution in [0.2, 0.25) is 0 Å². The Balaban J connectivity index is 1.96. The number of rotatable bonds is 4. The lowest BCUT2D eigenvalue weighted by atomic mass is 10.1. The van der Waals surface area contributed by atoms with Crippen LogP contribution >= 0.6 is 0 Å². The van der Waals surface area contributed by atoms with Crippen molar-refractivity contribution in [3.63, 3.8) is 0 Å². The van der Waals surface area contributed by atoms with Gasteiger partial charge in [0.15, 0.2) is 5.75 Å². The van der Waals surface area contributed by atoms with E-state index in [1.54, 1.807) is 0 Å². The van der Waals surface area contributed by atoms with Crippen LogP contribution in [-0.2, 0) is 0 Å². The van der Waals surface area contributed by atoms with E-state index in [1.807, 2.05) is 91.0 Å². The predicted octanol–water partition coefficient (Wildman–Crippen LogP) is 4.90. The topological polar surface area (TPSA) is 55.0 Å². The molecular weight excluding hydrogens is 324 g/mol. The summed E-state index contributed by atoms with van der Waals surface area (Å²) in [7, 11) is 0. The Kier molecular flexibility index (Phi) is 4.31. The highest BCUT2D eigenvalue weighted by molar-refractivity contribution is 5.77. The molecule has 1 aromatic heterocycles. The molecule has 0 aliphatic carbocycles. The monoisotopic (exact) mass is 340 g/mol. The van der Waals surface area contributed by atoms with Crippen LogP contribution in [-0.4, -0.2) is 9.97 Å². The fraction of sp³-hybridized carbons (Fsp3) is 0. The number of aromatic nitrogens is 2. The fourth-order valence-electron chi connectivity index (χ4n) is 2.77. The van der Waals surface area contributed by atoms with E-state index in [1.165, 1.54) is 0 Å². The highest BCUT2D eigenvalue weighted by atomic mass is 16.5. The normalized spacial score (nSPS) is 10.5. The van der Waals surface area contributed by atoms with Crippen LogP contribution < -0.4 is 10.4 Å². The zero-order chi connectivity index (χ0) is 17.8. The first-order valence-corrected chi connectivity index (χ1v) is 8.29. The summed E-state index contributed by atoms with van der Waals surface area (Å²) in [4.78, 5) is 19.3. The van der Waals surface area contributed by atoms with Crippen molar-refractivity contribution in [1.82, 2.24) is 9.97 Å². The number of aromatic amines is 1. The van der Waals surface area contributed by atoms with E-state index in [4.69, 9.17) is 4.74 Å². The zero-order valence-electron chi connectivity index (χ0n) is 13.9. The zero-order valence-corrected chi connectivity index (χ0v) is 13.9. The minimum Gasteiger partial charge on any atom is -0.453 e. The van der Waals surface area contributed by atoms with Crippen molar-refractivity contribution in [2.45, 2.75) is 0 Å². The molecule has 0 saturated carbocycles. The van der Waals surface area contributed by atoms with Gasteiger partial charge in [0.25, 0.3) is 0 Å². The molecule has 0 unspecified atom stereocenters. The van der Waals surface area contributed by atoms with Crippen molar-refractivity contribution in [3.8, 4) is 34.0 Å². The first-order valence-electron chi connectivity index (χ1n) is 8.29. The molecular formula is C22H16N2O2. The van der Waals surface area contributed by atoms with Crippen molar-refractivity contribution in [1.29, 1.82) is 0 Å². The van der Waals surface area contributed by atoms with Gasteiger partial charge in [0.1, 0.15) is 11.4 Å². The summed E-state index contributed by atoms with van der Waals surface area (Å²) in [5.41, 5.74) is 2.38. The van der Waals surface area contributed by atoms with E-state index in [-0.39, 0.29) is 0 Å². The van der Waals surface area contributed by atoms with E-state index in [9.17, 15) is 4.79 Å². The van der Waals surface area contributed by atoms with Gasteiger partial charge in [-0.2, -0.15) is 4.98 Å². The van der Waals surface area contributed by atoms with Crippen LogP contribution in [0.3, 0.4) is 0 Å². The molecule has 26 heavy (non-hydrogen) atoms. The molecule has 0 bridgehead atoms. The molecule has 1 heterocycles. The third-order valence-corrected chi connectivity index (χ3v) is 3.96. The largest absolute Gasteiger partial charge is 0.453 e. The minimum atomic E-state index is -0.414. The Morgan fingerprint density at radius 2 is 1.23 bits per heavy atom. The van der Waals surface area contributed by atoms with Gasteiger partial charge in [-0.3, -0.25) is 0 Å². The van der Waals surface area contributed by atoms with Gasteiger partial charge in [0.05, 0.1) is 5.69 Å². The van der Waals surface area contributed by atoms with E-state index in [0.29, 0.717) is 22.9 Å². The van der Waals surface area contributed by atoms with Crippen LogP contribution in [0.15, 0.2) is 95.8 Å². The lowest BCUT2D eigenvalue weighted by molar-refractivity contribution is 0.481. The van der Waals surface area contributed by atoms with Gasteiger partial charge in [0, 0.05) is 11.1 Å². The Morgan fingerprint density at radius 3 is 1.85 bits per heavy atom. The van der Waals surface area contributed by atoms with Crippen molar-refractivity contribution in [2.75, 3.05) is 0 Å². The number of H-pyrrole nitrogens is 1. The number of nitrogens with one attached hydrogen (secondary N) is 1. The maximum atomic E-state index is 12.2. The second-order valence-electron chi connectivity index (χ2n) is 5.74. The third kappa shape index (κ3) is 3.26. The van der Waals surface area contributed by atoms with Gasteiger partial charge in [-0.1, -0.05) is 78.9 Å². The highest BCUT2D eigenvalue weighted by Crippen LogP contribution is 2.37. The highest BCUT2D eigenvalue weighted by Gasteiger charge is 2.18. The minimum absolute atomic E-state index is 0.414.